The van der Waals surface area contributed by atoms with E-state index in [4.69, 9.17) is 5.84 Å². The van der Waals surface area contributed by atoms with E-state index in [1.54, 1.807) is 0 Å². The van der Waals surface area contributed by atoms with Gasteiger partial charge in [-0.05, 0) is 13.8 Å². The molecule has 7 heavy (non-hydrogen) atoms. The van der Waals surface area contributed by atoms with E-state index in [-0.39, 0.29) is 0 Å². The van der Waals surface area contributed by atoms with E-state index >= 15 is 0 Å². The van der Waals surface area contributed by atoms with Gasteiger partial charge in [-0.2, -0.15) is 0 Å². The van der Waals surface area contributed by atoms with Crippen LogP contribution in [0, 0.1) is 0 Å². The molecular weight excluding hydrogens is 88.1 g/mol. The van der Waals surface area contributed by atoms with E-state index < -0.39 is 0 Å². The molecule has 3 N–H and O–H groups in total. The highest BCUT2D eigenvalue weighted by molar-refractivity contribution is 4.86. The maximum atomic E-state index is 5.06. The Labute approximate surface area is 44.4 Å². The summed E-state index contributed by atoms with van der Waals surface area (Å²) in [5, 5.41) is 0. The van der Waals surface area contributed by atoms with E-state index in [0.29, 0.717) is 6.04 Å². The molecule has 0 radical (unpaired) electrons. The standard InChI is InChI=1S/C5H12N2/c1-3-4-5(2)7-6/h3-5,7H,6H2,1-2H3. The Hall–Kier alpha value is -0.340. The molecule has 0 fully saturated rings. The Morgan fingerprint density at radius 1 is 1.71 bits per heavy atom. The molecule has 0 aliphatic rings. The summed E-state index contributed by atoms with van der Waals surface area (Å²) in [6.45, 7) is 3.95. The number of hydrazine groups is 1. The average molecular weight is 100 g/mol. The maximum absolute atomic E-state index is 5.06. The normalized spacial score (nSPS) is 15.3. The largest absolute Gasteiger partial charge is 0.271 e. The zero-order valence-electron chi connectivity index (χ0n) is 4.81. The minimum absolute atomic E-state index is 0.296. The molecule has 2 heteroatoms. The number of rotatable bonds is 2. The summed E-state index contributed by atoms with van der Waals surface area (Å²) < 4.78 is 0. The minimum atomic E-state index is 0.296. The van der Waals surface area contributed by atoms with Crippen LogP contribution < -0.4 is 11.3 Å². The molecule has 0 aromatic rings. The molecular formula is C5H12N2. The van der Waals surface area contributed by atoms with Crippen molar-refractivity contribution in [1.29, 1.82) is 0 Å². The third-order valence-corrected chi connectivity index (χ3v) is 0.744. The van der Waals surface area contributed by atoms with E-state index in [9.17, 15) is 0 Å². The second-order valence-corrected chi connectivity index (χ2v) is 1.48. The van der Waals surface area contributed by atoms with Crippen molar-refractivity contribution < 1.29 is 0 Å². The molecule has 0 amide bonds. The van der Waals surface area contributed by atoms with Crippen molar-refractivity contribution in [3.8, 4) is 0 Å². The summed E-state index contributed by atoms with van der Waals surface area (Å²) >= 11 is 0. The average Bonchev–Trinajstić information content (AvgIpc) is 1.68. The van der Waals surface area contributed by atoms with Gasteiger partial charge in [0.05, 0.1) is 0 Å². The molecule has 0 aliphatic carbocycles. The molecule has 0 rings (SSSR count). The molecule has 1 atom stereocenters. The quantitative estimate of drug-likeness (QED) is 0.300. The van der Waals surface area contributed by atoms with E-state index in [1.165, 1.54) is 0 Å². The number of nitrogens with one attached hydrogen (secondary N) is 1. The number of hydrogen-bond donors (Lipinski definition) is 2. The summed E-state index contributed by atoms with van der Waals surface area (Å²) in [5.41, 5.74) is 2.58. The highest BCUT2D eigenvalue weighted by atomic mass is 15.2. The molecule has 42 valence electrons. The summed E-state index contributed by atoms with van der Waals surface area (Å²) in [7, 11) is 0. The van der Waals surface area contributed by atoms with Crippen LogP contribution in [-0.2, 0) is 0 Å². The van der Waals surface area contributed by atoms with Crippen LogP contribution in [0.5, 0.6) is 0 Å². The van der Waals surface area contributed by atoms with Gasteiger partial charge in [-0.3, -0.25) is 11.3 Å². The van der Waals surface area contributed by atoms with Crippen molar-refractivity contribution >= 4 is 0 Å². The first-order valence-corrected chi connectivity index (χ1v) is 2.40. The molecule has 0 heterocycles. The molecule has 0 aliphatic heterocycles. The van der Waals surface area contributed by atoms with Gasteiger partial charge in [0.1, 0.15) is 0 Å². The monoisotopic (exact) mass is 100 g/mol. The lowest BCUT2D eigenvalue weighted by atomic mass is 10.3. The van der Waals surface area contributed by atoms with Gasteiger partial charge in [-0.1, -0.05) is 12.2 Å². The SMILES string of the molecule is CC=CC(C)NN. The van der Waals surface area contributed by atoms with Gasteiger partial charge in [0.25, 0.3) is 0 Å². The van der Waals surface area contributed by atoms with Crippen LogP contribution in [0.1, 0.15) is 13.8 Å². The van der Waals surface area contributed by atoms with Crippen molar-refractivity contribution in [2.45, 2.75) is 19.9 Å². The molecule has 0 aromatic heterocycles. The number of nitrogens with two attached hydrogens (primary N) is 1. The van der Waals surface area contributed by atoms with Gasteiger partial charge < -0.3 is 0 Å². The first-order chi connectivity index (χ1) is 3.31. The van der Waals surface area contributed by atoms with Crippen LogP contribution in [0.25, 0.3) is 0 Å². The van der Waals surface area contributed by atoms with Gasteiger partial charge >= 0.3 is 0 Å². The summed E-state index contributed by atoms with van der Waals surface area (Å²) in [6.07, 6.45) is 3.95. The molecule has 0 aromatic carbocycles. The van der Waals surface area contributed by atoms with Crippen LogP contribution >= 0.6 is 0 Å². The summed E-state index contributed by atoms with van der Waals surface area (Å²) in [6, 6.07) is 0.296. The van der Waals surface area contributed by atoms with Gasteiger partial charge in [-0.15, -0.1) is 0 Å². The molecule has 0 saturated heterocycles. The van der Waals surface area contributed by atoms with Crippen molar-refractivity contribution in [3.05, 3.63) is 12.2 Å². The molecule has 1 unspecified atom stereocenters. The zero-order chi connectivity index (χ0) is 5.70. The molecule has 2 nitrogen and oxygen atoms in total. The fourth-order valence-electron chi connectivity index (χ4n) is 0.344. The highest BCUT2D eigenvalue weighted by Crippen LogP contribution is 1.78. The van der Waals surface area contributed by atoms with Crippen LogP contribution in [0.2, 0.25) is 0 Å². The topological polar surface area (TPSA) is 38.0 Å². The van der Waals surface area contributed by atoms with Gasteiger partial charge in [0.2, 0.25) is 0 Å². The Morgan fingerprint density at radius 2 is 2.29 bits per heavy atom. The highest BCUT2D eigenvalue weighted by Gasteiger charge is 1.84. The fraction of sp³-hybridized carbons (Fsp3) is 0.600. The van der Waals surface area contributed by atoms with Crippen LogP contribution in [0.4, 0.5) is 0 Å². The second-order valence-electron chi connectivity index (χ2n) is 1.48. The van der Waals surface area contributed by atoms with Crippen molar-refractivity contribution in [1.82, 2.24) is 5.43 Å². The molecule has 0 saturated carbocycles. The first kappa shape index (κ1) is 6.66. The Balaban J connectivity index is 3.16. The molecule has 0 spiro atoms. The van der Waals surface area contributed by atoms with Gasteiger partial charge in [0.15, 0.2) is 0 Å². The predicted octanol–water partition coefficient (Wildman–Crippen LogP) is 0.414. The minimum Gasteiger partial charge on any atom is -0.271 e. The van der Waals surface area contributed by atoms with Gasteiger partial charge in [0, 0.05) is 6.04 Å². The van der Waals surface area contributed by atoms with E-state index in [1.807, 2.05) is 26.0 Å². The lowest BCUT2D eigenvalue weighted by Gasteiger charge is -1.99. The second kappa shape index (κ2) is 3.84. The van der Waals surface area contributed by atoms with Gasteiger partial charge in [-0.25, -0.2) is 0 Å². The van der Waals surface area contributed by atoms with Crippen molar-refractivity contribution in [2.75, 3.05) is 0 Å². The third kappa shape index (κ3) is 3.49. The Morgan fingerprint density at radius 3 is 2.43 bits per heavy atom. The lowest BCUT2D eigenvalue weighted by molar-refractivity contribution is 0.668. The van der Waals surface area contributed by atoms with Crippen molar-refractivity contribution in [3.63, 3.8) is 0 Å². The van der Waals surface area contributed by atoms with Crippen molar-refractivity contribution in [2.24, 2.45) is 5.84 Å². The fourth-order valence-corrected chi connectivity index (χ4v) is 0.344. The zero-order valence-corrected chi connectivity index (χ0v) is 4.81. The van der Waals surface area contributed by atoms with Crippen LogP contribution in [-0.4, -0.2) is 6.04 Å². The summed E-state index contributed by atoms with van der Waals surface area (Å²) in [5.74, 6) is 5.06. The predicted molar refractivity (Wildman–Crippen MR) is 31.6 cm³/mol. The summed E-state index contributed by atoms with van der Waals surface area (Å²) in [4.78, 5) is 0. The Bertz CT molecular complexity index is 59.1. The van der Waals surface area contributed by atoms with Crippen LogP contribution in [0.15, 0.2) is 12.2 Å². The maximum Gasteiger partial charge on any atom is 0.0362 e. The smallest absolute Gasteiger partial charge is 0.0362 e. The van der Waals surface area contributed by atoms with E-state index in [0.717, 1.165) is 0 Å². The van der Waals surface area contributed by atoms with E-state index in [2.05, 4.69) is 5.43 Å². The number of allylic oxidation sites excluding steroid dienone is 1. The Kier molecular flexibility index (Phi) is 3.65. The lowest BCUT2D eigenvalue weighted by Crippen LogP contribution is -2.30. The number of hydrogen-bond acceptors (Lipinski definition) is 2. The van der Waals surface area contributed by atoms with Crippen LogP contribution in [0.3, 0.4) is 0 Å². The third-order valence-electron chi connectivity index (χ3n) is 0.744. The molecule has 0 bridgehead atoms. The first-order valence-electron chi connectivity index (χ1n) is 2.40.